The van der Waals surface area contributed by atoms with Gasteiger partial charge in [0.15, 0.2) is 0 Å². The number of unbranched alkanes of at least 4 members (excludes halogenated alkanes) is 21. The molecule has 0 aromatic heterocycles. The summed E-state index contributed by atoms with van der Waals surface area (Å²) in [6.45, 7) is 41.2. The maximum Gasteiger partial charge on any atom is 0.132 e. The van der Waals surface area contributed by atoms with Gasteiger partial charge in [-0.1, -0.05) is 272 Å². The van der Waals surface area contributed by atoms with Gasteiger partial charge in [-0.15, -0.1) is 0 Å². The first-order chi connectivity index (χ1) is 31.1. The van der Waals surface area contributed by atoms with E-state index in [0.29, 0.717) is 5.78 Å². The summed E-state index contributed by atoms with van der Waals surface area (Å²) in [5.41, 5.74) is 3.40. The van der Waals surface area contributed by atoms with E-state index in [-0.39, 0.29) is 4.75 Å². The standard InChI is InChI=1S/C41H81NO.C12H18S.C4H8.2C2H6/c1-5-8-11-14-17-18-23-28-34-41(43)35-30-37-42-36-29-24-19-20-25-31-39(4)38-40(32-26-21-15-12-9-6-2)33-27-22-16-13-10-7-3;1-6-9-11(5)12(13,8-3)10(4)7-2;1-3-4-2;2*1-2/h40,42H,4-38H2,1-3H3;6-7,9,13H,2,4-5,8H2,1,3H3;3-4H,1-2H3;2*1-2H3. The Kier molecular flexibility index (Phi) is 68.5. The molecule has 0 aliphatic heterocycles. The van der Waals surface area contributed by atoms with Crippen molar-refractivity contribution in [3.63, 3.8) is 0 Å². The van der Waals surface area contributed by atoms with Crippen molar-refractivity contribution in [2.45, 2.75) is 293 Å². The van der Waals surface area contributed by atoms with Crippen molar-refractivity contribution in [3.8, 4) is 0 Å². The van der Waals surface area contributed by atoms with Crippen LogP contribution in [0.5, 0.6) is 0 Å². The Bertz CT molecular complexity index is 1020. The van der Waals surface area contributed by atoms with Gasteiger partial charge in [-0.25, -0.2) is 0 Å². The lowest BCUT2D eigenvalue weighted by atomic mass is 9.87. The second kappa shape index (κ2) is 61.4. The summed E-state index contributed by atoms with van der Waals surface area (Å²) in [6, 6.07) is 0. The molecule has 0 aliphatic rings. The van der Waals surface area contributed by atoms with E-state index in [1.54, 1.807) is 6.08 Å². The lowest BCUT2D eigenvalue weighted by molar-refractivity contribution is -0.119. The molecule has 0 aliphatic carbocycles. The second-order valence-corrected chi connectivity index (χ2v) is 18.5. The van der Waals surface area contributed by atoms with Gasteiger partial charge < -0.3 is 5.32 Å². The summed E-state index contributed by atoms with van der Waals surface area (Å²) in [5, 5.41) is 3.57. The highest BCUT2D eigenvalue weighted by molar-refractivity contribution is 7.82. The van der Waals surface area contributed by atoms with Crippen molar-refractivity contribution in [1.29, 1.82) is 0 Å². The molecule has 0 aromatic rings. The number of nitrogens with one attached hydrogen (secondary N) is 1. The van der Waals surface area contributed by atoms with Gasteiger partial charge in [0.1, 0.15) is 5.78 Å². The van der Waals surface area contributed by atoms with Crippen molar-refractivity contribution >= 4 is 18.4 Å². The van der Waals surface area contributed by atoms with Crippen molar-refractivity contribution < 1.29 is 4.79 Å². The quantitative estimate of drug-likeness (QED) is 0.0277. The highest BCUT2D eigenvalue weighted by atomic mass is 32.1. The minimum atomic E-state index is -0.339. The molecule has 3 heteroatoms. The van der Waals surface area contributed by atoms with E-state index in [4.69, 9.17) is 0 Å². The molecule has 0 heterocycles. The summed E-state index contributed by atoms with van der Waals surface area (Å²) in [6.07, 6.45) is 52.6. The van der Waals surface area contributed by atoms with Crippen LogP contribution in [0.3, 0.4) is 0 Å². The first-order valence-corrected chi connectivity index (χ1v) is 28.3. The van der Waals surface area contributed by atoms with Crippen molar-refractivity contribution in [2.75, 3.05) is 13.1 Å². The SMILES string of the molecule is C=C(CCCCCCCNCCCC(=O)CCCCCCCCCC)CC(CCCCCCCC)CCCCCCCC.C=CC(=C)C(S)(CC)C(=C)C=CC.CC.CC.CC=CC. The third-order valence-corrected chi connectivity index (χ3v) is 12.9. The van der Waals surface area contributed by atoms with E-state index in [1.165, 1.54) is 185 Å². The van der Waals surface area contributed by atoms with E-state index >= 15 is 0 Å². The number of hydrogen-bond acceptors (Lipinski definition) is 3. The van der Waals surface area contributed by atoms with E-state index in [2.05, 4.69) is 72.0 Å². The first kappa shape index (κ1) is 71.4. The van der Waals surface area contributed by atoms with Crippen molar-refractivity contribution in [2.24, 2.45) is 5.92 Å². The van der Waals surface area contributed by atoms with Crippen LogP contribution >= 0.6 is 12.6 Å². The third-order valence-electron chi connectivity index (χ3n) is 12.0. The maximum absolute atomic E-state index is 12.1. The average molecular weight is 915 g/mol. The number of hydrogen-bond donors (Lipinski definition) is 2. The van der Waals surface area contributed by atoms with Crippen LogP contribution in [-0.2, 0) is 4.79 Å². The largest absolute Gasteiger partial charge is 0.317 e. The van der Waals surface area contributed by atoms with Gasteiger partial charge in [0.2, 0.25) is 0 Å². The van der Waals surface area contributed by atoms with Crippen LogP contribution in [0, 0.1) is 5.92 Å². The van der Waals surface area contributed by atoms with E-state index in [1.807, 2.05) is 72.8 Å². The Morgan fingerprint density at radius 1 is 0.516 bits per heavy atom. The van der Waals surface area contributed by atoms with Gasteiger partial charge in [0.25, 0.3) is 0 Å². The smallest absolute Gasteiger partial charge is 0.132 e. The molecule has 0 fully saturated rings. The third kappa shape index (κ3) is 53.0. The molecule has 1 atom stereocenters. The molecule has 0 saturated heterocycles. The number of ketones is 1. The molecule has 1 unspecified atom stereocenters. The Morgan fingerprint density at radius 2 is 0.891 bits per heavy atom. The van der Waals surface area contributed by atoms with Gasteiger partial charge in [-0.05, 0) is 95.9 Å². The van der Waals surface area contributed by atoms with E-state index in [0.717, 1.165) is 62.3 Å². The zero-order valence-electron chi connectivity index (χ0n) is 45.9. The molecular formula is C61H119NOS. The second-order valence-electron chi connectivity index (χ2n) is 17.7. The topological polar surface area (TPSA) is 29.1 Å². The Morgan fingerprint density at radius 3 is 1.30 bits per heavy atom. The Balaban J connectivity index is -0.000000456. The van der Waals surface area contributed by atoms with Crippen LogP contribution in [0.2, 0.25) is 0 Å². The number of carbonyl (C=O) groups excluding carboxylic acids is 1. The fourth-order valence-electron chi connectivity index (χ4n) is 7.73. The molecule has 0 aromatic carbocycles. The van der Waals surface area contributed by atoms with Crippen molar-refractivity contribution in [1.82, 2.24) is 5.32 Å². The minimum Gasteiger partial charge on any atom is -0.317 e. The number of thiol groups is 1. The molecule has 380 valence electrons. The monoisotopic (exact) mass is 914 g/mol. The number of allylic oxidation sites excluding steroid dienone is 6. The molecule has 0 rings (SSSR count). The first-order valence-electron chi connectivity index (χ1n) is 27.9. The lowest BCUT2D eigenvalue weighted by Crippen LogP contribution is -2.23. The predicted octanol–water partition coefficient (Wildman–Crippen LogP) is 21.4. The summed E-state index contributed by atoms with van der Waals surface area (Å²) >= 11 is 4.60. The summed E-state index contributed by atoms with van der Waals surface area (Å²) in [7, 11) is 0. The molecule has 0 spiro atoms. The van der Waals surface area contributed by atoms with Crippen LogP contribution in [0.15, 0.2) is 73.4 Å². The molecule has 0 bridgehead atoms. The summed E-state index contributed by atoms with van der Waals surface area (Å²) in [4.78, 5) is 12.1. The van der Waals surface area contributed by atoms with Crippen molar-refractivity contribution in [3.05, 3.63) is 73.4 Å². The molecule has 0 amide bonds. The molecule has 0 radical (unpaired) electrons. The molecule has 64 heavy (non-hydrogen) atoms. The van der Waals surface area contributed by atoms with Crippen LogP contribution in [0.25, 0.3) is 0 Å². The Hall–Kier alpha value is -1.58. The summed E-state index contributed by atoms with van der Waals surface area (Å²) in [5.74, 6) is 1.36. The maximum atomic E-state index is 12.1. The molecule has 2 nitrogen and oxygen atoms in total. The van der Waals surface area contributed by atoms with Gasteiger partial charge in [0.05, 0.1) is 4.75 Å². The summed E-state index contributed by atoms with van der Waals surface area (Å²) < 4.78 is -0.339. The number of rotatable bonds is 42. The predicted molar refractivity (Wildman–Crippen MR) is 304 cm³/mol. The van der Waals surface area contributed by atoms with Gasteiger partial charge >= 0.3 is 0 Å². The van der Waals surface area contributed by atoms with Crippen LogP contribution < -0.4 is 5.32 Å². The highest BCUT2D eigenvalue weighted by Gasteiger charge is 2.27. The normalized spacial score (nSPS) is 11.6. The lowest BCUT2D eigenvalue weighted by Gasteiger charge is -2.28. The zero-order valence-corrected chi connectivity index (χ0v) is 46.8. The van der Waals surface area contributed by atoms with Gasteiger partial charge in [0, 0.05) is 12.8 Å². The zero-order chi connectivity index (χ0) is 49.4. The number of carbonyl (C=O) groups is 1. The fraction of sp³-hybridized carbons (Fsp3) is 0.787. The fourth-order valence-corrected chi connectivity index (χ4v) is 7.89. The van der Waals surface area contributed by atoms with Crippen LogP contribution in [0.4, 0.5) is 0 Å². The van der Waals surface area contributed by atoms with Crippen LogP contribution in [0.1, 0.15) is 288 Å². The van der Waals surface area contributed by atoms with Gasteiger partial charge in [-0.3, -0.25) is 4.79 Å². The van der Waals surface area contributed by atoms with E-state index < -0.39 is 0 Å². The van der Waals surface area contributed by atoms with E-state index in [9.17, 15) is 4.79 Å². The number of Topliss-reactive ketones (excluding diaryl/α,β-unsaturated/α-hetero) is 1. The highest BCUT2D eigenvalue weighted by Crippen LogP contribution is 2.35. The van der Waals surface area contributed by atoms with Gasteiger partial charge in [-0.2, -0.15) is 12.6 Å². The Labute approximate surface area is 411 Å². The molecule has 1 N–H and O–H groups in total. The molecular weight excluding hydrogens is 795 g/mol. The average Bonchev–Trinajstić information content (AvgIpc) is 3.32. The molecule has 0 saturated carbocycles. The minimum absolute atomic E-state index is 0.339. The van der Waals surface area contributed by atoms with Crippen LogP contribution in [-0.4, -0.2) is 23.6 Å².